The van der Waals surface area contributed by atoms with Crippen LogP contribution in [0.3, 0.4) is 0 Å². The Balaban J connectivity index is 0.00000180. The van der Waals surface area contributed by atoms with Gasteiger partial charge in [-0.1, -0.05) is 24.3 Å². The molecule has 3 nitrogen and oxygen atoms in total. The quantitative estimate of drug-likeness (QED) is 0.924. The zero-order chi connectivity index (χ0) is 13.0. The molecular formula is C14H21ClN2OS. The summed E-state index contributed by atoms with van der Waals surface area (Å²) in [7, 11) is 3.79. The number of rotatable bonds is 4. The van der Waals surface area contributed by atoms with Gasteiger partial charge in [0, 0.05) is 20.1 Å². The fourth-order valence-corrected chi connectivity index (χ4v) is 3.49. The van der Waals surface area contributed by atoms with Crippen LogP contribution in [-0.2, 0) is 11.2 Å². The molecule has 19 heavy (non-hydrogen) atoms. The van der Waals surface area contributed by atoms with Crippen LogP contribution in [0.15, 0.2) is 24.3 Å². The van der Waals surface area contributed by atoms with Crippen LogP contribution in [0.2, 0.25) is 0 Å². The molecule has 0 bridgehead atoms. The Hall–Kier alpha value is -0.710. The van der Waals surface area contributed by atoms with Gasteiger partial charge in [-0.05, 0) is 30.3 Å². The molecule has 2 rings (SSSR count). The average molecular weight is 301 g/mol. The molecule has 1 unspecified atom stereocenters. The number of hydrogen-bond donors (Lipinski definition) is 1. The second-order valence-electron chi connectivity index (χ2n) is 4.56. The normalized spacial score (nSPS) is 17.3. The fourth-order valence-electron chi connectivity index (χ4n) is 2.19. The van der Waals surface area contributed by atoms with E-state index >= 15 is 0 Å². The molecule has 1 aliphatic heterocycles. The molecule has 1 aliphatic rings. The van der Waals surface area contributed by atoms with Gasteiger partial charge < -0.3 is 10.2 Å². The number of benzene rings is 1. The minimum atomic E-state index is -0.0168. The number of carbonyl (C=O) groups excluding carboxylic acids is 1. The number of thioether (sulfide) groups is 1. The van der Waals surface area contributed by atoms with Gasteiger partial charge in [-0.15, -0.1) is 24.2 Å². The summed E-state index contributed by atoms with van der Waals surface area (Å²) < 4.78 is 0. The van der Waals surface area contributed by atoms with Gasteiger partial charge in [0.1, 0.15) is 5.25 Å². The summed E-state index contributed by atoms with van der Waals surface area (Å²) in [6.45, 7) is 1.59. The van der Waals surface area contributed by atoms with Crippen molar-refractivity contribution in [3.63, 3.8) is 0 Å². The smallest absolute Gasteiger partial charge is 0.239 e. The number of nitrogens with one attached hydrogen (secondary N) is 1. The second kappa shape index (κ2) is 7.78. The minimum Gasteiger partial charge on any atom is -0.343 e. The van der Waals surface area contributed by atoms with E-state index in [-0.39, 0.29) is 23.6 Å². The molecule has 106 valence electrons. The van der Waals surface area contributed by atoms with Crippen molar-refractivity contribution in [3.8, 4) is 0 Å². The summed E-state index contributed by atoms with van der Waals surface area (Å²) in [5, 5.41) is 3.06. The first-order valence-electron chi connectivity index (χ1n) is 6.33. The van der Waals surface area contributed by atoms with Crippen molar-refractivity contribution in [2.45, 2.75) is 11.7 Å². The Morgan fingerprint density at radius 2 is 2.21 bits per heavy atom. The van der Waals surface area contributed by atoms with Gasteiger partial charge in [-0.3, -0.25) is 4.79 Å². The first kappa shape index (κ1) is 16.3. The summed E-state index contributed by atoms with van der Waals surface area (Å²) >= 11 is 1.76. The molecule has 0 aromatic heterocycles. The van der Waals surface area contributed by atoms with Gasteiger partial charge in [-0.2, -0.15) is 0 Å². The molecule has 0 fully saturated rings. The van der Waals surface area contributed by atoms with Crippen LogP contribution >= 0.6 is 24.2 Å². The van der Waals surface area contributed by atoms with E-state index in [1.54, 1.807) is 11.8 Å². The summed E-state index contributed by atoms with van der Waals surface area (Å²) in [6.07, 6.45) is 1.07. The molecule has 1 atom stereocenters. The third kappa shape index (κ3) is 3.88. The zero-order valence-corrected chi connectivity index (χ0v) is 13.0. The van der Waals surface area contributed by atoms with Gasteiger partial charge >= 0.3 is 0 Å². The molecular weight excluding hydrogens is 280 g/mol. The average Bonchev–Trinajstić information content (AvgIpc) is 2.43. The lowest BCUT2D eigenvalue weighted by Gasteiger charge is -2.28. The van der Waals surface area contributed by atoms with Crippen LogP contribution in [0.25, 0.3) is 0 Å². The van der Waals surface area contributed by atoms with Crippen molar-refractivity contribution in [3.05, 3.63) is 35.4 Å². The molecule has 0 spiro atoms. The van der Waals surface area contributed by atoms with Gasteiger partial charge in [0.05, 0.1) is 0 Å². The maximum absolute atomic E-state index is 12.4. The van der Waals surface area contributed by atoms with Crippen LogP contribution in [-0.4, -0.2) is 43.7 Å². The highest BCUT2D eigenvalue weighted by molar-refractivity contribution is 8.00. The van der Waals surface area contributed by atoms with Gasteiger partial charge in [0.25, 0.3) is 0 Å². The van der Waals surface area contributed by atoms with Crippen LogP contribution in [0.4, 0.5) is 0 Å². The van der Waals surface area contributed by atoms with Crippen molar-refractivity contribution in [2.75, 3.05) is 32.9 Å². The Morgan fingerprint density at radius 3 is 2.95 bits per heavy atom. The lowest BCUT2D eigenvalue weighted by molar-refractivity contribution is -0.129. The number of hydrogen-bond acceptors (Lipinski definition) is 3. The number of halogens is 1. The fraction of sp³-hybridized carbons (Fsp3) is 0.500. The van der Waals surface area contributed by atoms with Crippen LogP contribution in [0, 0.1) is 0 Å². The number of likely N-dealkylation sites (N-methyl/N-ethyl adjacent to an activating group) is 2. The molecule has 1 amide bonds. The highest BCUT2D eigenvalue weighted by atomic mass is 35.5. The number of aryl methyl sites for hydroxylation is 1. The van der Waals surface area contributed by atoms with Crippen LogP contribution in [0.5, 0.6) is 0 Å². The minimum absolute atomic E-state index is 0. The SMILES string of the molecule is CNCCN(C)C(=O)C1SCCc2ccccc21.Cl. The number of fused-ring (bicyclic) bond motifs is 1. The molecule has 5 heteroatoms. The van der Waals surface area contributed by atoms with Crippen LogP contribution < -0.4 is 5.32 Å². The highest BCUT2D eigenvalue weighted by Gasteiger charge is 2.28. The molecule has 0 saturated carbocycles. The summed E-state index contributed by atoms with van der Waals surface area (Å²) in [4.78, 5) is 14.3. The van der Waals surface area contributed by atoms with E-state index in [0.717, 1.165) is 25.3 Å². The van der Waals surface area contributed by atoms with Crippen molar-refractivity contribution in [2.24, 2.45) is 0 Å². The lowest BCUT2D eigenvalue weighted by Crippen LogP contribution is -2.36. The molecule has 0 saturated heterocycles. The largest absolute Gasteiger partial charge is 0.343 e. The number of amides is 1. The second-order valence-corrected chi connectivity index (χ2v) is 5.78. The summed E-state index contributed by atoms with van der Waals surface area (Å²) in [5.74, 6) is 1.26. The molecule has 1 N–H and O–H groups in total. The van der Waals surface area contributed by atoms with Gasteiger partial charge in [-0.25, -0.2) is 0 Å². The molecule has 1 heterocycles. The first-order valence-corrected chi connectivity index (χ1v) is 7.38. The Bertz CT molecular complexity index is 428. The van der Waals surface area contributed by atoms with Crippen molar-refractivity contribution in [1.29, 1.82) is 0 Å². The maximum atomic E-state index is 12.4. The third-order valence-corrected chi connectivity index (χ3v) is 4.52. The van der Waals surface area contributed by atoms with Gasteiger partial charge in [0.15, 0.2) is 0 Å². The summed E-state index contributed by atoms with van der Waals surface area (Å²) in [5.41, 5.74) is 2.53. The zero-order valence-electron chi connectivity index (χ0n) is 11.4. The third-order valence-electron chi connectivity index (χ3n) is 3.29. The van der Waals surface area contributed by atoms with Crippen molar-refractivity contribution >= 4 is 30.1 Å². The lowest BCUT2D eigenvalue weighted by atomic mass is 10.0. The monoisotopic (exact) mass is 300 g/mol. The Labute approximate surface area is 125 Å². The van der Waals surface area contributed by atoms with Gasteiger partial charge in [0.2, 0.25) is 5.91 Å². The van der Waals surface area contributed by atoms with Crippen LogP contribution in [0.1, 0.15) is 16.4 Å². The molecule has 1 aromatic carbocycles. The Kier molecular flexibility index (Phi) is 6.69. The predicted octanol–water partition coefficient (Wildman–Crippen LogP) is 2.12. The maximum Gasteiger partial charge on any atom is 0.239 e. The van der Waals surface area contributed by atoms with E-state index in [1.165, 1.54) is 11.1 Å². The topological polar surface area (TPSA) is 32.3 Å². The molecule has 1 aromatic rings. The van der Waals surface area contributed by atoms with E-state index in [2.05, 4.69) is 23.5 Å². The highest BCUT2D eigenvalue weighted by Crippen LogP contribution is 2.37. The predicted molar refractivity (Wildman–Crippen MR) is 84.2 cm³/mol. The number of carbonyl (C=O) groups is 1. The number of nitrogens with zero attached hydrogens (tertiary/aromatic N) is 1. The summed E-state index contributed by atoms with van der Waals surface area (Å²) in [6, 6.07) is 8.32. The first-order chi connectivity index (χ1) is 8.74. The van der Waals surface area contributed by atoms with Crippen molar-refractivity contribution in [1.82, 2.24) is 10.2 Å². The van der Waals surface area contributed by atoms with E-state index in [0.29, 0.717) is 0 Å². The van der Waals surface area contributed by atoms with Crippen molar-refractivity contribution < 1.29 is 4.79 Å². The Morgan fingerprint density at radius 1 is 1.47 bits per heavy atom. The van der Waals surface area contributed by atoms with E-state index < -0.39 is 0 Å². The van der Waals surface area contributed by atoms with E-state index in [9.17, 15) is 4.79 Å². The molecule has 0 aliphatic carbocycles. The van der Waals surface area contributed by atoms with E-state index in [4.69, 9.17) is 0 Å². The molecule has 0 radical (unpaired) electrons. The standard InChI is InChI=1S/C14H20N2OS.ClH/c1-15-8-9-16(2)14(17)13-12-6-4-3-5-11(12)7-10-18-13;/h3-6,13,15H,7-10H2,1-2H3;1H. The van der Waals surface area contributed by atoms with E-state index in [1.807, 2.05) is 25.1 Å².